The van der Waals surface area contributed by atoms with E-state index in [2.05, 4.69) is 15.6 Å². The van der Waals surface area contributed by atoms with Crippen molar-refractivity contribution < 1.29 is 18.7 Å². The van der Waals surface area contributed by atoms with Gasteiger partial charge in [0.1, 0.15) is 24.0 Å². The Morgan fingerprint density at radius 3 is 2.57 bits per heavy atom. The van der Waals surface area contributed by atoms with E-state index in [1.54, 1.807) is 25.1 Å². The second-order valence-corrected chi connectivity index (χ2v) is 4.68. The number of ether oxygens (including phenoxy) is 1. The van der Waals surface area contributed by atoms with Crippen LogP contribution < -0.4 is 15.4 Å². The number of carbonyl (C=O) groups is 2. The van der Waals surface area contributed by atoms with Gasteiger partial charge in [-0.3, -0.25) is 9.59 Å². The molecular weight excluding hydrogens is 301 g/mol. The number of carbonyl (C=O) groups excluding carboxylic acids is 2. The first-order valence-corrected chi connectivity index (χ1v) is 6.96. The molecule has 2 aromatic rings. The number of nitrogens with one attached hydrogen (secondary N) is 2. The summed E-state index contributed by atoms with van der Waals surface area (Å²) in [6.07, 6.45) is 0. The Morgan fingerprint density at radius 1 is 1.13 bits per heavy atom. The largest absolute Gasteiger partial charge is 0.492 e. The maximum atomic E-state index is 12.7. The molecule has 0 radical (unpaired) electrons. The summed E-state index contributed by atoms with van der Waals surface area (Å²) in [5.41, 5.74) is 0.732. The lowest BCUT2D eigenvalue weighted by Gasteiger charge is -2.08. The van der Waals surface area contributed by atoms with E-state index in [4.69, 9.17) is 4.74 Å². The minimum atomic E-state index is -0.801. The summed E-state index contributed by atoms with van der Waals surface area (Å²) in [5.74, 6) is -1.14. The number of pyridine rings is 1. The Morgan fingerprint density at radius 2 is 1.87 bits per heavy atom. The van der Waals surface area contributed by atoms with Gasteiger partial charge >= 0.3 is 11.8 Å². The number of aromatic nitrogens is 1. The smallest absolute Gasteiger partial charge is 0.314 e. The maximum Gasteiger partial charge on any atom is 0.314 e. The van der Waals surface area contributed by atoms with Crippen LogP contribution in [0.4, 0.5) is 10.2 Å². The summed E-state index contributed by atoms with van der Waals surface area (Å²) in [5, 5.41) is 4.82. The molecule has 0 saturated carbocycles. The molecule has 0 atom stereocenters. The van der Waals surface area contributed by atoms with Crippen molar-refractivity contribution in [1.82, 2.24) is 10.3 Å². The lowest BCUT2D eigenvalue weighted by Crippen LogP contribution is -2.37. The molecule has 2 rings (SSSR count). The van der Waals surface area contributed by atoms with Crippen molar-refractivity contribution in [2.75, 3.05) is 18.5 Å². The van der Waals surface area contributed by atoms with E-state index in [1.807, 2.05) is 0 Å². The molecule has 1 aromatic heterocycles. The van der Waals surface area contributed by atoms with Gasteiger partial charge in [0.15, 0.2) is 0 Å². The Labute approximate surface area is 132 Å². The molecule has 1 aromatic carbocycles. The Bertz CT molecular complexity index is 689. The molecule has 0 saturated heterocycles. The minimum absolute atomic E-state index is 0.144. The van der Waals surface area contributed by atoms with Crippen LogP contribution in [0.2, 0.25) is 0 Å². The van der Waals surface area contributed by atoms with Crippen LogP contribution in [-0.2, 0) is 9.59 Å². The van der Waals surface area contributed by atoms with Crippen molar-refractivity contribution in [3.05, 3.63) is 54.0 Å². The van der Waals surface area contributed by atoms with E-state index in [-0.39, 0.29) is 19.0 Å². The van der Waals surface area contributed by atoms with Crippen LogP contribution in [0.25, 0.3) is 0 Å². The summed E-state index contributed by atoms with van der Waals surface area (Å²) in [6.45, 7) is 2.08. The first-order chi connectivity index (χ1) is 11.0. The zero-order chi connectivity index (χ0) is 16.7. The van der Waals surface area contributed by atoms with Gasteiger partial charge in [0.2, 0.25) is 0 Å². The van der Waals surface area contributed by atoms with Crippen LogP contribution in [0.15, 0.2) is 42.5 Å². The monoisotopic (exact) mass is 317 g/mol. The van der Waals surface area contributed by atoms with Crippen LogP contribution in [-0.4, -0.2) is 29.9 Å². The first-order valence-electron chi connectivity index (χ1n) is 6.96. The molecule has 0 bridgehead atoms. The molecule has 23 heavy (non-hydrogen) atoms. The maximum absolute atomic E-state index is 12.7. The van der Waals surface area contributed by atoms with Gasteiger partial charge in [-0.05, 0) is 43.3 Å². The average Bonchev–Trinajstić information content (AvgIpc) is 2.53. The summed E-state index contributed by atoms with van der Waals surface area (Å²) in [7, 11) is 0. The topological polar surface area (TPSA) is 80.3 Å². The van der Waals surface area contributed by atoms with E-state index in [1.165, 1.54) is 24.3 Å². The van der Waals surface area contributed by atoms with Gasteiger partial charge in [-0.25, -0.2) is 9.37 Å². The molecule has 6 nitrogen and oxygen atoms in total. The fourth-order valence-electron chi connectivity index (χ4n) is 1.73. The van der Waals surface area contributed by atoms with Crippen LogP contribution in [0, 0.1) is 12.7 Å². The SMILES string of the molecule is Cc1cccc(NC(=O)C(=O)NCCOc2ccc(F)cc2)n1. The van der Waals surface area contributed by atoms with Gasteiger partial charge in [0.25, 0.3) is 0 Å². The van der Waals surface area contributed by atoms with Crippen molar-refractivity contribution in [3.63, 3.8) is 0 Å². The Balaban J connectivity index is 1.71. The van der Waals surface area contributed by atoms with Crippen molar-refractivity contribution in [2.45, 2.75) is 6.92 Å². The number of benzene rings is 1. The van der Waals surface area contributed by atoms with Gasteiger partial charge in [-0.1, -0.05) is 6.07 Å². The van der Waals surface area contributed by atoms with Crippen molar-refractivity contribution in [1.29, 1.82) is 0 Å². The summed E-state index contributed by atoms with van der Waals surface area (Å²) >= 11 is 0. The molecule has 0 aliphatic carbocycles. The van der Waals surface area contributed by atoms with Crippen LogP contribution >= 0.6 is 0 Å². The van der Waals surface area contributed by atoms with E-state index in [0.29, 0.717) is 11.6 Å². The molecule has 0 fully saturated rings. The van der Waals surface area contributed by atoms with E-state index in [0.717, 1.165) is 5.69 Å². The molecule has 0 spiro atoms. The first kappa shape index (κ1) is 16.4. The molecule has 120 valence electrons. The number of hydrogen-bond acceptors (Lipinski definition) is 4. The average molecular weight is 317 g/mol. The lowest BCUT2D eigenvalue weighted by molar-refractivity contribution is -0.136. The second-order valence-electron chi connectivity index (χ2n) is 4.68. The number of aryl methyl sites for hydroxylation is 1. The third-order valence-corrected chi connectivity index (χ3v) is 2.81. The quantitative estimate of drug-likeness (QED) is 0.649. The van der Waals surface area contributed by atoms with Gasteiger partial charge in [0.05, 0.1) is 6.54 Å². The third kappa shape index (κ3) is 5.39. The number of rotatable bonds is 5. The number of hydrogen-bond donors (Lipinski definition) is 2. The molecule has 0 aliphatic heterocycles. The van der Waals surface area contributed by atoms with Crippen LogP contribution in [0.1, 0.15) is 5.69 Å². The van der Waals surface area contributed by atoms with E-state index < -0.39 is 11.8 Å². The number of nitrogens with zero attached hydrogens (tertiary/aromatic N) is 1. The number of anilines is 1. The van der Waals surface area contributed by atoms with Crippen molar-refractivity contribution in [3.8, 4) is 5.75 Å². The predicted molar refractivity (Wildman–Crippen MR) is 82.5 cm³/mol. The Hall–Kier alpha value is -2.96. The van der Waals surface area contributed by atoms with Crippen LogP contribution in [0.5, 0.6) is 5.75 Å². The molecule has 0 unspecified atom stereocenters. The highest BCUT2D eigenvalue weighted by molar-refractivity contribution is 6.39. The molecular formula is C16H16FN3O3. The predicted octanol–water partition coefficient (Wildman–Crippen LogP) is 1.66. The zero-order valence-electron chi connectivity index (χ0n) is 12.5. The lowest BCUT2D eigenvalue weighted by atomic mass is 10.3. The van der Waals surface area contributed by atoms with Gasteiger partial charge in [0, 0.05) is 5.69 Å². The van der Waals surface area contributed by atoms with Gasteiger partial charge < -0.3 is 15.4 Å². The summed E-state index contributed by atoms with van der Waals surface area (Å²) in [4.78, 5) is 27.4. The highest BCUT2D eigenvalue weighted by Gasteiger charge is 2.13. The number of halogens is 1. The summed E-state index contributed by atoms with van der Waals surface area (Å²) in [6, 6.07) is 10.6. The normalized spacial score (nSPS) is 10.0. The zero-order valence-corrected chi connectivity index (χ0v) is 12.5. The number of amides is 2. The molecule has 0 aliphatic rings. The molecule has 1 heterocycles. The third-order valence-electron chi connectivity index (χ3n) is 2.81. The van der Waals surface area contributed by atoms with Gasteiger partial charge in [-0.2, -0.15) is 0 Å². The van der Waals surface area contributed by atoms with Crippen molar-refractivity contribution in [2.24, 2.45) is 0 Å². The van der Waals surface area contributed by atoms with E-state index >= 15 is 0 Å². The fourth-order valence-corrected chi connectivity index (χ4v) is 1.73. The molecule has 2 N–H and O–H groups in total. The standard InChI is InChI=1S/C16H16FN3O3/c1-11-3-2-4-14(19-11)20-16(22)15(21)18-9-10-23-13-7-5-12(17)6-8-13/h2-8H,9-10H2,1H3,(H,18,21)(H,19,20,22). The Kier molecular flexibility index (Phi) is 5.62. The second kappa shape index (κ2) is 7.88. The molecule has 7 heteroatoms. The highest BCUT2D eigenvalue weighted by Crippen LogP contribution is 2.10. The highest BCUT2D eigenvalue weighted by atomic mass is 19.1. The van der Waals surface area contributed by atoms with E-state index in [9.17, 15) is 14.0 Å². The molecule has 2 amide bonds. The summed E-state index contributed by atoms with van der Waals surface area (Å²) < 4.78 is 18.0. The van der Waals surface area contributed by atoms with Gasteiger partial charge in [-0.15, -0.1) is 0 Å². The van der Waals surface area contributed by atoms with Crippen LogP contribution in [0.3, 0.4) is 0 Å². The fraction of sp³-hybridized carbons (Fsp3) is 0.188. The minimum Gasteiger partial charge on any atom is -0.492 e. The van der Waals surface area contributed by atoms with Crippen molar-refractivity contribution >= 4 is 17.6 Å².